The zero-order chi connectivity index (χ0) is 15.2. The number of carbonyl (C=O) groups is 1. The van der Waals surface area contributed by atoms with Crippen LogP contribution in [0, 0.1) is 6.92 Å². The summed E-state index contributed by atoms with van der Waals surface area (Å²) in [7, 11) is 1.65. The van der Waals surface area contributed by atoms with Crippen LogP contribution in [0.5, 0.6) is 5.75 Å². The van der Waals surface area contributed by atoms with Crippen molar-refractivity contribution in [2.75, 3.05) is 13.7 Å². The van der Waals surface area contributed by atoms with E-state index in [2.05, 4.69) is 17.9 Å². The number of amides is 1. The van der Waals surface area contributed by atoms with Gasteiger partial charge in [-0.05, 0) is 42.7 Å². The Morgan fingerprint density at radius 1 is 1.24 bits per heavy atom. The molecule has 0 aliphatic rings. The molecule has 0 heterocycles. The Bertz CT molecular complexity index is 640. The van der Waals surface area contributed by atoms with Crippen LogP contribution in [0.2, 0.25) is 0 Å². The Morgan fingerprint density at radius 3 is 2.76 bits per heavy atom. The van der Waals surface area contributed by atoms with Gasteiger partial charge in [0.15, 0.2) is 0 Å². The molecule has 2 aromatic rings. The number of benzene rings is 2. The average molecular weight is 301 g/mol. The van der Waals surface area contributed by atoms with E-state index in [1.165, 1.54) is 0 Å². The van der Waals surface area contributed by atoms with Crippen LogP contribution in [0.15, 0.2) is 47.4 Å². The van der Waals surface area contributed by atoms with Crippen molar-refractivity contribution in [3.63, 3.8) is 0 Å². The van der Waals surface area contributed by atoms with Crippen molar-refractivity contribution >= 4 is 18.5 Å². The van der Waals surface area contributed by atoms with Crippen molar-refractivity contribution in [2.24, 2.45) is 0 Å². The van der Waals surface area contributed by atoms with E-state index in [-0.39, 0.29) is 5.91 Å². The molecule has 0 aliphatic carbocycles. The number of ether oxygens (including phenoxy) is 1. The minimum absolute atomic E-state index is 0.0710. The molecule has 1 amide bonds. The highest BCUT2D eigenvalue weighted by Crippen LogP contribution is 2.17. The fourth-order valence-electron chi connectivity index (χ4n) is 2.17. The Morgan fingerprint density at radius 2 is 2.00 bits per heavy atom. The fourth-order valence-corrected chi connectivity index (χ4v) is 2.37. The maximum Gasteiger partial charge on any atom is 0.251 e. The molecule has 2 aromatic carbocycles. The van der Waals surface area contributed by atoms with Gasteiger partial charge in [-0.1, -0.05) is 24.3 Å². The number of hydrogen-bond donors (Lipinski definition) is 2. The Kier molecular flexibility index (Phi) is 5.28. The molecule has 0 fully saturated rings. The molecular formula is C17H19NO2S. The maximum atomic E-state index is 12.2. The van der Waals surface area contributed by atoms with Crippen molar-refractivity contribution in [3.8, 4) is 5.75 Å². The van der Waals surface area contributed by atoms with Crippen LogP contribution in [0.1, 0.15) is 21.5 Å². The summed E-state index contributed by atoms with van der Waals surface area (Å²) in [4.78, 5) is 13.0. The lowest BCUT2D eigenvalue weighted by Crippen LogP contribution is -2.26. The van der Waals surface area contributed by atoms with Crippen LogP contribution in [-0.4, -0.2) is 19.6 Å². The third-order valence-electron chi connectivity index (χ3n) is 3.34. The second-order valence-electron chi connectivity index (χ2n) is 4.82. The van der Waals surface area contributed by atoms with Crippen LogP contribution in [0.4, 0.5) is 0 Å². The van der Waals surface area contributed by atoms with Gasteiger partial charge in [0, 0.05) is 17.0 Å². The number of para-hydroxylation sites is 1. The summed E-state index contributed by atoms with van der Waals surface area (Å²) in [6.45, 7) is 2.48. The third kappa shape index (κ3) is 4.02. The number of aryl methyl sites for hydroxylation is 1. The number of carbonyl (C=O) groups excluding carboxylic acids is 1. The molecule has 0 spiro atoms. The van der Waals surface area contributed by atoms with E-state index in [1.807, 2.05) is 43.3 Å². The summed E-state index contributed by atoms with van der Waals surface area (Å²) < 4.78 is 5.30. The van der Waals surface area contributed by atoms with Crippen molar-refractivity contribution in [1.82, 2.24) is 5.32 Å². The van der Waals surface area contributed by atoms with Crippen molar-refractivity contribution in [3.05, 3.63) is 59.2 Å². The molecule has 4 heteroatoms. The minimum atomic E-state index is -0.0710. The highest BCUT2D eigenvalue weighted by atomic mass is 32.1. The largest absolute Gasteiger partial charge is 0.496 e. The number of thiol groups is 1. The van der Waals surface area contributed by atoms with E-state index in [0.29, 0.717) is 12.1 Å². The second-order valence-corrected chi connectivity index (χ2v) is 5.33. The summed E-state index contributed by atoms with van der Waals surface area (Å²) in [5, 5.41) is 2.94. The number of methoxy groups -OCH3 is 1. The van der Waals surface area contributed by atoms with Crippen LogP contribution in [0.25, 0.3) is 0 Å². The fraction of sp³-hybridized carbons (Fsp3) is 0.235. The molecule has 3 nitrogen and oxygen atoms in total. The van der Waals surface area contributed by atoms with Crippen LogP contribution in [-0.2, 0) is 6.42 Å². The first-order valence-electron chi connectivity index (χ1n) is 6.81. The molecule has 2 rings (SSSR count). The Hall–Kier alpha value is -1.94. The van der Waals surface area contributed by atoms with Crippen LogP contribution in [0.3, 0.4) is 0 Å². The molecule has 0 atom stereocenters. The molecule has 1 N–H and O–H groups in total. The van der Waals surface area contributed by atoms with E-state index >= 15 is 0 Å². The molecule has 0 aliphatic heterocycles. The minimum Gasteiger partial charge on any atom is -0.496 e. The number of rotatable bonds is 5. The summed E-state index contributed by atoms with van der Waals surface area (Å²) in [5.74, 6) is 0.776. The number of hydrogen-bond acceptors (Lipinski definition) is 3. The van der Waals surface area contributed by atoms with Gasteiger partial charge in [0.05, 0.1) is 7.11 Å². The lowest BCUT2D eigenvalue weighted by atomic mass is 10.1. The van der Waals surface area contributed by atoms with Crippen molar-refractivity contribution in [1.29, 1.82) is 0 Å². The first kappa shape index (κ1) is 15.4. The first-order chi connectivity index (χ1) is 10.1. The average Bonchev–Trinajstić information content (AvgIpc) is 2.50. The smallest absolute Gasteiger partial charge is 0.251 e. The van der Waals surface area contributed by atoms with Crippen LogP contribution >= 0.6 is 12.6 Å². The highest BCUT2D eigenvalue weighted by molar-refractivity contribution is 7.80. The van der Waals surface area contributed by atoms with E-state index < -0.39 is 0 Å². The molecular weight excluding hydrogens is 282 g/mol. The zero-order valence-corrected chi connectivity index (χ0v) is 13.1. The molecule has 110 valence electrons. The topological polar surface area (TPSA) is 38.3 Å². The van der Waals surface area contributed by atoms with Gasteiger partial charge in [-0.15, -0.1) is 12.6 Å². The SMILES string of the molecule is COc1ccccc1CCNC(=O)c1cc(S)ccc1C. The van der Waals surface area contributed by atoms with Crippen molar-refractivity contribution in [2.45, 2.75) is 18.2 Å². The molecule has 21 heavy (non-hydrogen) atoms. The molecule has 0 unspecified atom stereocenters. The maximum absolute atomic E-state index is 12.2. The van der Waals surface area contributed by atoms with Gasteiger partial charge >= 0.3 is 0 Å². The van der Waals surface area contributed by atoms with E-state index in [4.69, 9.17) is 4.74 Å². The second kappa shape index (κ2) is 7.18. The van der Waals surface area contributed by atoms with Gasteiger partial charge in [0.2, 0.25) is 0 Å². The molecule has 0 saturated heterocycles. The standard InChI is InChI=1S/C17H19NO2S/c1-12-7-8-14(21)11-15(12)17(19)18-10-9-13-5-3-4-6-16(13)20-2/h3-8,11,21H,9-10H2,1-2H3,(H,18,19). The highest BCUT2D eigenvalue weighted by Gasteiger charge is 2.09. The molecule has 0 aromatic heterocycles. The van der Waals surface area contributed by atoms with Gasteiger partial charge in [-0.2, -0.15) is 0 Å². The van der Waals surface area contributed by atoms with E-state index in [0.717, 1.165) is 28.2 Å². The molecule has 0 bridgehead atoms. The predicted octanol–water partition coefficient (Wildman–Crippen LogP) is 3.26. The lowest BCUT2D eigenvalue weighted by molar-refractivity contribution is 0.0953. The Balaban J connectivity index is 1.97. The summed E-state index contributed by atoms with van der Waals surface area (Å²) in [6, 6.07) is 13.4. The normalized spacial score (nSPS) is 10.2. The molecule has 0 radical (unpaired) electrons. The summed E-state index contributed by atoms with van der Waals surface area (Å²) >= 11 is 4.27. The van der Waals surface area contributed by atoms with E-state index in [9.17, 15) is 4.79 Å². The Labute approximate surface area is 130 Å². The van der Waals surface area contributed by atoms with E-state index in [1.54, 1.807) is 13.2 Å². The lowest BCUT2D eigenvalue weighted by Gasteiger charge is -2.10. The third-order valence-corrected chi connectivity index (χ3v) is 3.62. The monoisotopic (exact) mass is 301 g/mol. The van der Waals surface area contributed by atoms with Gasteiger partial charge in [0.1, 0.15) is 5.75 Å². The predicted molar refractivity (Wildman–Crippen MR) is 87.5 cm³/mol. The summed E-state index contributed by atoms with van der Waals surface area (Å²) in [5.41, 5.74) is 2.70. The number of nitrogens with one attached hydrogen (secondary N) is 1. The molecule has 0 saturated carbocycles. The summed E-state index contributed by atoms with van der Waals surface area (Å²) in [6.07, 6.45) is 0.732. The van der Waals surface area contributed by atoms with Gasteiger partial charge < -0.3 is 10.1 Å². The van der Waals surface area contributed by atoms with Gasteiger partial charge in [0.25, 0.3) is 5.91 Å². The zero-order valence-electron chi connectivity index (χ0n) is 12.2. The quantitative estimate of drug-likeness (QED) is 0.832. The van der Waals surface area contributed by atoms with Gasteiger partial charge in [-0.3, -0.25) is 4.79 Å². The van der Waals surface area contributed by atoms with Crippen molar-refractivity contribution < 1.29 is 9.53 Å². The first-order valence-corrected chi connectivity index (χ1v) is 7.26. The van der Waals surface area contributed by atoms with Gasteiger partial charge in [-0.25, -0.2) is 0 Å². The van der Waals surface area contributed by atoms with Crippen LogP contribution < -0.4 is 10.1 Å².